The Morgan fingerprint density at radius 2 is 1.89 bits per heavy atom. The Bertz CT molecular complexity index is 952. The number of nitrogens with zero attached hydrogens (tertiary/aromatic N) is 1. The van der Waals surface area contributed by atoms with Gasteiger partial charge in [-0.2, -0.15) is 0 Å². The van der Waals surface area contributed by atoms with Crippen LogP contribution < -0.4 is 9.62 Å². The first-order chi connectivity index (χ1) is 12.6. The number of nitrogens with one attached hydrogen (secondary N) is 1. The van der Waals surface area contributed by atoms with E-state index in [0.717, 1.165) is 16.6 Å². The van der Waals surface area contributed by atoms with Crippen molar-refractivity contribution < 1.29 is 27.1 Å². The molecule has 27 heavy (non-hydrogen) atoms. The van der Waals surface area contributed by atoms with E-state index in [1.165, 1.54) is 36.4 Å². The number of esters is 1. The number of rotatable bonds is 7. The summed E-state index contributed by atoms with van der Waals surface area (Å²) in [5, 5.41) is 2.65. The third-order valence-corrected chi connectivity index (χ3v) is 4.62. The molecule has 0 bridgehead atoms. The van der Waals surface area contributed by atoms with Gasteiger partial charge in [-0.15, -0.1) is 0 Å². The van der Waals surface area contributed by atoms with Crippen molar-refractivity contribution in [2.24, 2.45) is 0 Å². The van der Waals surface area contributed by atoms with Gasteiger partial charge in [0.1, 0.15) is 12.4 Å². The summed E-state index contributed by atoms with van der Waals surface area (Å²) in [4.78, 5) is 23.7. The standard InChI is InChI=1S/C17H16ClFN2O5S/c1-27(24,25)21(15-7-2-4-12(18)8-15)10-17(23)26-11-16(22)20-14-6-3-5-13(19)9-14/h2-9H,10-11H2,1H3,(H,20,22). The van der Waals surface area contributed by atoms with Gasteiger partial charge in [0, 0.05) is 10.7 Å². The number of hydrogen-bond donors (Lipinski definition) is 1. The number of benzene rings is 2. The van der Waals surface area contributed by atoms with Crippen LogP contribution in [0.1, 0.15) is 0 Å². The average Bonchev–Trinajstić information content (AvgIpc) is 2.57. The van der Waals surface area contributed by atoms with Gasteiger partial charge in [-0.05, 0) is 36.4 Å². The van der Waals surface area contributed by atoms with E-state index in [0.29, 0.717) is 5.02 Å². The van der Waals surface area contributed by atoms with Crippen LogP contribution in [-0.2, 0) is 24.3 Å². The highest BCUT2D eigenvalue weighted by Gasteiger charge is 2.22. The number of hydrogen-bond acceptors (Lipinski definition) is 5. The zero-order valence-corrected chi connectivity index (χ0v) is 15.8. The summed E-state index contributed by atoms with van der Waals surface area (Å²) in [6.45, 7) is -1.28. The van der Waals surface area contributed by atoms with Crippen molar-refractivity contribution in [2.75, 3.05) is 29.0 Å². The second-order valence-electron chi connectivity index (χ2n) is 5.47. The molecule has 0 saturated carbocycles. The number of anilines is 2. The van der Waals surface area contributed by atoms with Crippen molar-refractivity contribution in [1.82, 2.24) is 0 Å². The van der Waals surface area contributed by atoms with Crippen molar-refractivity contribution in [3.05, 3.63) is 59.4 Å². The molecule has 2 aromatic rings. The summed E-state index contributed by atoms with van der Waals surface area (Å²) in [7, 11) is -3.79. The Morgan fingerprint density at radius 3 is 2.52 bits per heavy atom. The lowest BCUT2D eigenvalue weighted by Crippen LogP contribution is -2.36. The van der Waals surface area contributed by atoms with E-state index in [1.807, 2.05) is 0 Å². The normalized spacial score (nSPS) is 10.9. The largest absolute Gasteiger partial charge is 0.454 e. The molecule has 10 heteroatoms. The minimum absolute atomic E-state index is 0.186. The van der Waals surface area contributed by atoms with Crippen LogP contribution in [0, 0.1) is 5.82 Å². The van der Waals surface area contributed by atoms with Crippen molar-refractivity contribution in [3.8, 4) is 0 Å². The second-order valence-corrected chi connectivity index (χ2v) is 7.81. The molecule has 7 nitrogen and oxygen atoms in total. The highest BCUT2D eigenvalue weighted by Crippen LogP contribution is 2.21. The number of halogens is 2. The van der Waals surface area contributed by atoms with E-state index in [9.17, 15) is 22.4 Å². The van der Waals surface area contributed by atoms with E-state index in [2.05, 4.69) is 5.32 Å². The fourth-order valence-electron chi connectivity index (χ4n) is 2.10. The lowest BCUT2D eigenvalue weighted by atomic mass is 10.3. The van der Waals surface area contributed by atoms with Crippen LogP contribution >= 0.6 is 11.6 Å². The molecule has 0 aliphatic rings. The first-order valence-corrected chi connectivity index (χ1v) is 9.82. The number of amides is 1. The van der Waals surface area contributed by atoms with Crippen LogP contribution in [0.15, 0.2) is 48.5 Å². The van der Waals surface area contributed by atoms with Gasteiger partial charge in [-0.25, -0.2) is 12.8 Å². The van der Waals surface area contributed by atoms with Gasteiger partial charge < -0.3 is 10.1 Å². The second kappa shape index (κ2) is 8.83. The molecule has 0 radical (unpaired) electrons. The van der Waals surface area contributed by atoms with E-state index in [4.69, 9.17) is 16.3 Å². The summed E-state index contributed by atoms with van der Waals surface area (Å²) in [5.41, 5.74) is 0.388. The van der Waals surface area contributed by atoms with E-state index in [1.54, 1.807) is 6.07 Å². The number of carbonyl (C=O) groups excluding carboxylic acids is 2. The van der Waals surface area contributed by atoms with Crippen LogP contribution in [-0.4, -0.2) is 39.7 Å². The molecular formula is C17H16ClFN2O5S. The first kappa shape index (κ1) is 20.7. The predicted molar refractivity (Wildman–Crippen MR) is 99.6 cm³/mol. The monoisotopic (exact) mass is 414 g/mol. The van der Waals surface area contributed by atoms with Gasteiger partial charge in [0.25, 0.3) is 5.91 Å². The fraction of sp³-hybridized carbons (Fsp3) is 0.176. The zero-order valence-electron chi connectivity index (χ0n) is 14.2. The van der Waals surface area contributed by atoms with Crippen molar-refractivity contribution in [3.63, 3.8) is 0 Å². The van der Waals surface area contributed by atoms with Crippen molar-refractivity contribution in [2.45, 2.75) is 0 Å². The Hall–Kier alpha value is -2.65. The van der Waals surface area contributed by atoms with Gasteiger partial charge in [-0.3, -0.25) is 13.9 Å². The molecule has 0 unspecified atom stereocenters. The van der Waals surface area contributed by atoms with Crippen LogP contribution in [0.2, 0.25) is 5.02 Å². The Labute approximate surface area is 160 Å². The maximum Gasteiger partial charge on any atom is 0.327 e. The number of carbonyl (C=O) groups is 2. The maximum absolute atomic E-state index is 13.1. The lowest BCUT2D eigenvalue weighted by Gasteiger charge is -2.21. The molecule has 0 heterocycles. The summed E-state index contributed by atoms with van der Waals surface area (Å²) < 4.78 is 42.6. The van der Waals surface area contributed by atoms with Gasteiger partial charge in [0.05, 0.1) is 11.9 Å². The Morgan fingerprint density at radius 1 is 1.19 bits per heavy atom. The summed E-state index contributed by atoms with van der Waals surface area (Å²) in [6.07, 6.45) is 0.928. The summed E-state index contributed by atoms with van der Waals surface area (Å²) in [6, 6.07) is 11.1. The van der Waals surface area contributed by atoms with Crippen molar-refractivity contribution in [1.29, 1.82) is 0 Å². The lowest BCUT2D eigenvalue weighted by molar-refractivity contribution is -0.145. The van der Waals surface area contributed by atoms with Gasteiger partial charge in [0.2, 0.25) is 10.0 Å². The van der Waals surface area contributed by atoms with Gasteiger partial charge in [-0.1, -0.05) is 23.7 Å². The molecule has 0 atom stereocenters. The van der Waals surface area contributed by atoms with Crippen LogP contribution in [0.5, 0.6) is 0 Å². The first-order valence-electron chi connectivity index (χ1n) is 7.59. The third-order valence-electron chi connectivity index (χ3n) is 3.24. The zero-order chi connectivity index (χ0) is 20.0. The van der Waals surface area contributed by atoms with E-state index >= 15 is 0 Å². The Kier molecular flexibility index (Phi) is 6.75. The predicted octanol–water partition coefficient (Wildman–Crippen LogP) is 2.43. The van der Waals surface area contributed by atoms with Crippen molar-refractivity contribution >= 4 is 44.9 Å². The number of sulfonamides is 1. The van der Waals surface area contributed by atoms with E-state index in [-0.39, 0.29) is 11.4 Å². The summed E-state index contributed by atoms with van der Waals surface area (Å²) in [5.74, 6) is -2.16. The van der Waals surface area contributed by atoms with E-state index < -0.39 is 40.9 Å². The molecule has 0 spiro atoms. The molecule has 0 aliphatic carbocycles. The fourth-order valence-corrected chi connectivity index (χ4v) is 3.12. The molecule has 2 aromatic carbocycles. The Balaban J connectivity index is 1.97. The van der Waals surface area contributed by atoms with Crippen LogP contribution in [0.25, 0.3) is 0 Å². The summed E-state index contributed by atoms with van der Waals surface area (Å²) >= 11 is 5.85. The molecule has 1 N–H and O–H groups in total. The maximum atomic E-state index is 13.1. The number of ether oxygens (including phenoxy) is 1. The molecule has 144 valence electrons. The topological polar surface area (TPSA) is 92.8 Å². The molecule has 1 amide bonds. The molecule has 2 rings (SSSR count). The van der Waals surface area contributed by atoms with Crippen LogP contribution in [0.4, 0.5) is 15.8 Å². The smallest absolute Gasteiger partial charge is 0.327 e. The minimum atomic E-state index is -3.79. The molecule has 0 fully saturated rings. The molecule has 0 saturated heterocycles. The third kappa shape index (κ3) is 6.54. The highest BCUT2D eigenvalue weighted by atomic mass is 35.5. The molecular weight excluding hydrogens is 399 g/mol. The van der Waals surface area contributed by atoms with Crippen LogP contribution in [0.3, 0.4) is 0 Å². The molecule has 0 aliphatic heterocycles. The minimum Gasteiger partial charge on any atom is -0.454 e. The molecule has 0 aromatic heterocycles. The average molecular weight is 415 g/mol. The van der Waals surface area contributed by atoms with Gasteiger partial charge >= 0.3 is 5.97 Å². The quantitative estimate of drug-likeness (QED) is 0.702. The highest BCUT2D eigenvalue weighted by molar-refractivity contribution is 7.92. The van der Waals surface area contributed by atoms with Gasteiger partial charge in [0.15, 0.2) is 6.61 Å². The SMILES string of the molecule is CS(=O)(=O)N(CC(=O)OCC(=O)Nc1cccc(F)c1)c1cccc(Cl)c1.